The van der Waals surface area contributed by atoms with E-state index in [1.54, 1.807) is 12.3 Å². The van der Waals surface area contributed by atoms with Gasteiger partial charge in [0.05, 0.1) is 12.1 Å². The molecule has 1 radical (unpaired) electrons. The highest BCUT2D eigenvalue weighted by Crippen LogP contribution is 2.33. The normalized spacial score (nSPS) is 22.6. The van der Waals surface area contributed by atoms with Crippen LogP contribution in [0.4, 0.5) is 13.2 Å². The van der Waals surface area contributed by atoms with Gasteiger partial charge in [-0.25, -0.2) is 0 Å². The summed E-state index contributed by atoms with van der Waals surface area (Å²) in [7, 11) is 0. The second-order valence-electron chi connectivity index (χ2n) is 4.41. The zero-order chi connectivity index (χ0) is 12.3. The predicted molar refractivity (Wildman–Crippen MR) is 57.1 cm³/mol. The van der Waals surface area contributed by atoms with E-state index >= 15 is 0 Å². The van der Waals surface area contributed by atoms with E-state index in [-0.39, 0.29) is 13.0 Å². The zero-order valence-electron chi connectivity index (χ0n) is 9.37. The maximum Gasteiger partial charge on any atom is 0.393 e. The van der Waals surface area contributed by atoms with Crippen LogP contribution in [-0.4, -0.2) is 29.1 Å². The molecule has 93 valence electrons. The van der Waals surface area contributed by atoms with Crippen molar-refractivity contribution in [2.45, 2.75) is 25.6 Å². The van der Waals surface area contributed by atoms with E-state index in [2.05, 4.69) is 11.2 Å². The van der Waals surface area contributed by atoms with Gasteiger partial charge in [-0.2, -0.15) is 13.2 Å². The lowest BCUT2D eigenvalue weighted by atomic mass is 9.97. The molecule has 0 spiro atoms. The summed E-state index contributed by atoms with van der Waals surface area (Å²) in [5.74, 6) is -1.18. The molecule has 0 aromatic carbocycles. The molecule has 0 aliphatic carbocycles. The van der Waals surface area contributed by atoms with Crippen LogP contribution >= 0.6 is 0 Å². The van der Waals surface area contributed by atoms with Gasteiger partial charge < -0.3 is 0 Å². The standard InChI is InChI=1S/C12H14F3N2/c13-12(14,15)11-4-2-6-17(9-11)8-10-3-1-5-16-7-10/h1,3,7,11H,2,4,6,8-9H2. The second-order valence-corrected chi connectivity index (χ2v) is 4.41. The molecule has 1 saturated heterocycles. The van der Waals surface area contributed by atoms with Crippen LogP contribution in [0.2, 0.25) is 0 Å². The van der Waals surface area contributed by atoms with Gasteiger partial charge in [0.1, 0.15) is 0 Å². The molecule has 5 heteroatoms. The van der Waals surface area contributed by atoms with Crippen molar-refractivity contribution >= 4 is 0 Å². The van der Waals surface area contributed by atoms with E-state index in [0.717, 1.165) is 12.1 Å². The number of nitrogens with zero attached hydrogens (tertiary/aromatic N) is 2. The van der Waals surface area contributed by atoms with Crippen molar-refractivity contribution in [3.63, 3.8) is 0 Å². The Morgan fingerprint density at radius 1 is 1.47 bits per heavy atom. The molecule has 0 bridgehead atoms. The van der Waals surface area contributed by atoms with Gasteiger partial charge in [0, 0.05) is 19.3 Å². The molecule has 1 aliphatic heterocycles. The molecule has 1 atom stereocenters. The highest BCUT2D eigenvalue weighted by molar-refractivity contribution is 5.07. The smallest absolute Gasteiger partial charge is 0.298 e. The summed E-state index contributed by atoms with van der Waals surface area (Å²) in [5, 5.41) is 0. The molecular weight excluding hydrogens is 229 g/mol. The SMILES string of the molecule is FC(F)(F)C1CCCN(Cc2cc[c]nc2)C1. The Bertz CT molecular complexity index is 351. The Balaban J connectivity index is 1.94. The fraction of sp³-hybridized carbons (Fsp3) is 0.583. The van der Waals surface area contributed by atoms with Gasteiger partial charge in [0.15, 0.2) is 0 Å². The molecule has 0 amide bonds. The number of rotatable bonds is 2. The van der Waals surface area contributed by atoms with Gasteiger partial charge in [-0.3, -0.25) is 9.88 Å². The van der Waals surface area contributed by atoms with Crippen LogP contribution in [0, 0.1) is 12.1 Å². The summed E-state index contributed by atoms with van der Waals surface area (Å²) in [6.45, 7) is 1.36. The number of hydrogen-bond acceptors (Lipinski definition) is 2. The third kappa shape index (κ3) is 3.43. The van der Waals surface area contributed by atoms with Crippen LogP contribution in [0.15, 0.2) is 18.3 Å². The first kappa shape index (κ1) is 12.4. The van der Waals surface area contributed by atoms with E-state index in [1.165, 1.54) is 0 Å². The Morgan fingerprint density at radius 2 is 2.29 bits per heavy atom. The number of hydrogen-bond donors (Lipinski definition) is 0. The lowest BCUT2D eigenvalue weighted by molar-refractivity contribution is -0.187. The van der Waals surface area contributed by atoms with Crippen molar-refractivity contribution in [3.8, 4) is 0 Å². The van der Waals surface area contributed by atoms with Gasteiger partial charge in [-0.1, -0.05) is 6.07 Å². The third-order valence-electron chi connectivity index (χ3n) is 3.05. The van der Waals surface area contributed by atoms with E-state index in [0.29, 0.717) is 13.0 Å². The van der Waals surface area contributed by atoms with Crippen LogP contribution < -0.4 is 0 Å². The monoisotopic (exact) mass is 243 g/mol. The van der Waals surface area contributed by atoms with Crippen molar-refractivity contribution in [2.24, 2.45) is 5.92 Å². The number of aromatic nitrogens is 1. The zero-order valence-corrected chi connectivity index (χ0v) is 9.37. The Hall–Kier alpha value is -1.10. The summed E-state index contributed by atoms with van der Waals surface area (Å²) >= 11 is 0. The maximum atomic E-state index is 12.6. The first-order valence-corrected chi connectivity index (χ1v) is 5.66. The molecule has 1 fully saturated rings. The van der Waals surface area contributed by atoms with Gasteiger partial charge in [-0.15, -0.1) is 0 Å². The van der Waals surface area contributed by atoms with Gasteiger partial charge in [0.25, 0.3) is 0 Å². The molecule has 2 rings (SSSR count). The minimum absolute atomic E-state index is 0.0993. The van der Waals surface area contributed by atoms with Gasteiger partial charge >= 0.3 is 6.18 Å². The Morgan fingerprint density at radius 3 is 2.94 bits per heavy atom. The van der Waals surface area contributed by atoms with Crippen molar-refractivity contribution < 1.29 is 13.2 Å². The van der Waals surface area contributed by atoms with Crippen molar-refractivity contribution in [3.05, 3.63) is 30.1 Å². The van der Waals surface area contributed by atoms with E-state index in [1.807, 2.05) is 11.0 Å². The molecule has 0 saturated carbocycles. The molecule has 1 aromatic rings. The van der Waals surface area contributed by atoms with Crippen LogP contribution in [0.3, 0.4) is 0 Å². The van der Waals surface area contributed by atoms with Crippen LogP contribution in [-0.2, 0) is 6.54 Å². The van der Waals surface area contributed by atoms with Gasteiger partial charge in [-0.05, 0) is 31.0 Å². The minimum Gasteiger partial charge on any atom is -0.298 e. The summed E-state index contributed by atoms with van der Waals surface area (Å²) < 4.78 is 37.8. The first-order valence-electron chi connectivity index (χ1n) is 5.66. The second kappa shape index (κ2) is 5.04. The van der Waals surface area contributed by atoms with Crippen LogP contribution in [0.5, 0.6) is 0 Å². The molecule has 0 N–H and O–H groups in total. The molecule has 1 aromatic heterocycles. The van der Waals surface area contributed by atoms with Gasteiger partial charge in [0.2, 0.25) is 0 Å². The Kier molecular flexibility index (Phi) is 3.66. The quantitative estimate of drug-likeness (QED) is 0.793. The van der Waals surface area contributed by atoms with Crippen molar-refractivity contribution in [1.29, 1.82) is 0 Å². The molecule has 1 unspecified atom stereocenters. The first-order chi connectivity index (χ1) is 8.05. The predicted octanol–water partition coefficient (Wildman–Crippen LogP) is 2.66. The summed E-state index contributed by atoms with van der Waals surface area (Å²) in [6, 6.07) is 3.52. The largest absolute Gasteiger partial charge is 0.393 e. The summed E-state index contributed by atoms with van der Waals surface area (Å²) in [6.07, 6.45) is 1.09. The maximum absolute atomic E-state index is 12.6. The highest BCUT2D eigenvalue weighted by Gasteiger charge is 2.41. The average Bonchev–Trinajstić information content (AvgIpc) is 2.29. The molecule has 1 aliphatic rings. The number of likely N-dealkylation sites (tertiary alicyclic amines) is 1. The van der Waals surface area contributed by atoms with E-state index < -0.39 is 12.1 Å². The average molecular weight is 243 g/mol. The van der Waals surface area contributed by atoms with E-state index in [4.69, 9.17) is 0 Å². The summed E-state index contributed by atoms with van der Waals surface area (Å²) in [5.41, 5.74) is 0.937. The number of halogens is 3. The molecule has 17 heavy (non-hydrogen) atoms. The fourth-order valence-corrected chi connectivity index (χ4v) is 2.17. The molecule has 2 heterocycles. The van der Waals surface area contributed by atoms with Crippen LogP contribution in [0.25, 0.3) is 0 Å². The molecular formula is C12H14F3N2. The van der Waals surface area contributed by atoms with E-state index in [9.17, 15) is 13.2 Å². The minimum atomic E-state index is -4.07. The molecule has 2 nitrogen and oxygen atoms in total. The summed E-state index contributed by atoms with van der Waals surface area (Å²) in [4.78, 5) is 5.69. The lowest BCUT2D eigenvalue weighted by Crippen LogP contribution is -2.41. The highest BCUT2D eigenvalue weighted by atomic mass is 19.4. The Labute approximate surface area is 98.5 Å². The fourth-order valence-electron chi connectivity index (χ4n) is 2.17. The van der Waals surface area contributed by atoms with Crippen LogP contribution in [0.1, 0.15) is 18.4 Å². The number of alkyl halides is 3. The third-order valence-corrected chi connectivity index (χ3v) is 3.05. The van der Waals surface area contributed by atoms with Crippen molar-refractivity contribution in [2.75, 3.05) is 13.1 Å². The lowest BCUT2D eigenvalue weighted by Gasteiger charge is -2.33. The topological polar surface area (TPSA) is 16.1 Å². The number of pyridine rings is 1. The number of piperidine rings is 1. The van der Waals surface area contributed by atoms with Crippen molar-refractivity contribution in [1.82, 2.24) is 9.88 Å².